The number of ether oxygens (including phenoxy) is 1. The molecule has 102 valence electrons. The van der Waals surface area contributed by atoms with Gasteiger partial charge in [-0.1, -0.05) is 19.9 Å². The van der Waals surface area contributed by atoms with Crippen LogP contribution in [-0.2, 0) is 16.6 Å². The van der Waals surface area contributed by atoms with Gasteiger partial charge in [-0.25, -0.2) is 0 Å². The Morgan fingerprint density at radius 3 is 3.05 bits per heavy atom. The molecule has 0 saturated carbocycles. The van der Waals surface area contributed by atoms with Crippen LogP contribution in [0.3, 0.4) is 0 Å². The summed E-state index contributed by atoms with van der Waals surface area (Å²) in [6.07, 6.45) is 7.25. The van der Waals surface area contributed by atoms with Gasteiger partial charge in [0.05, 0.1) is 16.6 Å². The molecule has 0 radical (unpaired) electrons. The Hall–Kier alpha value is -1.62. The summed E-state index contributed by atoms with van der Waals surface area (Å²) in [4.78, 5) is 4.04. The van der Waals surface area contributed by atoms with Crippen LogP contribution < -0.4 is 10.1 Å². The molecule has 0 aliphatic carbocycles. The Kier molecular flexibility index (Phi) is 4.37. The molecular weight excluding hydrogens is 260 g/mol. The molecule has 3 heterocycles. The fourth-order valence-corrected chi connectivity index (χ4v) is 3.14. The van der Waals surface area contributed by atoms with Crippen LogP contribution in [0.15, 0.2) is 41.4 Å². The number of pyridine rings is 1. The monoisotopic (exact) mass is 278 g/mol. The molecule has 0 spiro atoms. The van der Waals surface area contributed by atoms with Crippen LogP contribution in [-0.4, -0.2) is 15.2 Å². The quantitative estimate of drug-likeness (QED) is 0.792. The van der Waals surface area contributed by atoms with E-state index in [4.69, 9.17) is 4.74 Å². The number of dihydropyridines is 1. The van der Waals surface area contributed by atoms with E-state index in [9.17, 15) is 4.21 Å². The molecule has 2 atom stereocenters. The second-order valence-electron chi connectivity index (χ2n) is 4.06. The van der Waals surface area contributed by atoms with Crippen LogP contribution in [0.2, 0.25) is 0 Å². The Morgan fingerprint density at radius 1 is 1.47 bits per heavy atom. The van der Waals surface area contributed by atoms with Gasteiger partial charge in [-0.05, 0) is 19.1 Å². The minimum absolute atomic E-state index is 0.181. The number of rotatable bonds is 0. The molecule has 0 saturated heterocycles. The topological polar surface area (TPSA) is 51.2 Å². The van der Waals surface area contributed by atoms with Crippen LogP contribution in [0.25, 0.3) is 0 Å². The second kappa shape index (κ2) is 6.02. The van der Waals surface area contributed by atoms with Crippen molar-refractivity contribution in [2.45, 2.75) is 32.6 Å². The molecule has 2 aliphatic rings. The summed E-state index contributed by atoms with van der Waals surface area (Å²) < 4.78 is 18.0. The third-order valence-corrected chi connectivity index (χ3v) is 4.06. The average molecular weight is 278 g/mol. The van der Waals surface area contributed by atoms with Gasteiger partial charge in [-0.15, -0.1) is 0 Å². The summed E-state index contributed by atoms with van der Waals surface area (Å²) in [6.45, 7) is 6.01. The third-order valence-electron chi connectivity index (χ3n) is 2.71. The molecule has 5 heteroatoms. The number of hydrogen-bond donors (Lipinski definition) is 1. The van der Waals surface area contributed by atoms with Crippen LogP contribution in [0.4, 0.5) is 0 Å². The van der Waals surface area contributed by atoms with Crippen molar-refractivity contribution in [1.29, 1.82) is 0 Å². The van der Waals surface area contributed by atoms with Crippen molar-refractivity contribution in [1.82, 2.24) is 10.3 Å². The Labute approximate surface area is 116 Å². The number of nitrogens with zero attached hydrogens (tertiary/aromatic N) is 1. The number of allylic oxidation sites excluding steroid dienone is 1. The third kappa shape index (κ3) is 2.87. The highest BCUT2D eigenvalue weighted by Gasteiger charge is 2.24. The minimum atomic E-state index is -1.10. The van der Waals surface area contributed by atoms with Crippen LogP contribution in [0, 0.1) is 0 Å². The summed E-state index contributed by atoms with van der Waals surface area (Å²) in [7, 11) is -1.10. The minimum Gasteiger partial charge on any atom is -0.454 e. The van der Waals surface area contributed by atoms with Crippen LogP contribution in [0.1, 0.15) is 26.3 Å². The van der Waals surface area contributed by atoms with E-state index in [0.29, 0.717) is 16.5 Å². The lowest BCUT2D eigenvalue weighted by Crippen LogP contribution is -2.30. The molecule has 4 nitrogen and oxygen atoms in total. The van der Waals surface area contributed by atoms with Crippen molar-refractivity contribution in [2.75, 3.05) is 0 Å². The predicted molar refractivity (Wildman–Crippen MR) is 76.8 cm³/mol. The first-order chi connectivity index (χ1) is 9.24. The fourth-order valence-electron chi connectivity index (χ4n) is 1.85. The lowest BCUT2D eigenvalue weighted by Gasteiger charge is -2.19. The summed E-state index contributed by atoms with van der Waals surface area (Å²) >= 11 is 0. The first-order valence-corrected chi connectivity index (χ1v) is 7.74. The molecule has 19 heavy (non-hydrogen) atoms. The van der Waals surface area contributed by atoms with Gasteiger partial charge in [-0.2, -0.15) is 0 Å². The molecule has 0 bridgehead atoms. The van der Waals surface area contributed by atoms with Gasteiger partial charge >= 0.3 is 0 Å². The van der Waals surface area contributed by atoms with E-state index in [1.54, 1.807) is 18.5 Å². The van der Waals surface area contributed by atoms with Crippen molar-refractivity contribution in [3.8, 4) is 5.75 Å². The van der Waals surface area contributed by atoms with Gasteiger partial charge in [0, 0.05) is 24.0 Å². The highest BCUT2D eigenvalue weighted by Crippen LogP contribution is 2.29. The van der Waals surface area contributed by atoms with Crippen molar-refractivity contribution in [2.24, 2.45) is 0 Å². The van der Waals surface area contributed by atoms with Gasteiger partial charge in [0.2, 0.25) is 0 Å². The summed E-state index contributed by atoms with van der Waals surface area (Å²) in [5.74, 6) is 1.82. The molecule has 0 aromatic carbocycles. The van der Waals surface area contributed by atoms with Crippen molar-refractivity contribution >= 4 is 10.8 Å². The summed E-state index contributed by atoms with van der Waals surface area (Å²) in [6, 6.07) is 1.98. The van der Waals surface area contributed by atoms with Gasteiger partial charge in [0.1, 0.15) is 10.8 Å². The lowest BCUT2D eigenvalue weighted by atomic mass is 10.2. The summed E-state index contributed by atoms with van der Waals surface area (Å²) in [5, 5.41) is 3.87. The largest absolute Gasteiger partial charge is 0.454 e. The zero-order valence-electron chi connectivity index (χ0n) is 11.3. The van der Waals surface area contributed by atoms with E-state index in [1.165, 1.54) is 0 Å². The molecular formula is C14H18N2O2S. The van der Waals surface area contributed by atoms with Crippen LogP contribution in [0.5, 0.6) is 5.75 Å². The molecule has 1 aromatic rings. The molecule has 0 fully saturated rings. The smallest absolute Gasteiger partial charge is 0.159 e. The maximum absolute atomic E-state index is 12.2. The highest BCUT2D eigenvalue weighted by molar-refractivity contribution is 7.88. The van der Waals surface area contributed by atoms with E-state index in [0.717, 1.165) is 11.3 Å². The Morgan fingerprint density at radius 2 is 2.26 bits per heavy atom. The van der Waals surface area contributed by atoms with E-state index < -0.39 is 10.8 Å². The SMILES string of the molecule is CC.CC1C=CC2=C(N1)S(=O)Cc1cnccc1O2. The predicted octanol–water partition coefficient (Wildman–Crippen LogP) is 2.47. The molecule has 0 amide bonds. The number of aromatic nitrogens is 1. The van der Waals surface area contributed by atoms with Gasteiger partial charge in [-0.3, -0.25) is 9.19 Å². The van der Waals surface area contributed by atoms with E-state index in [2.05, 4.69) is 10.3 Å². The lowest BCUT2D eigenvalue weighted by molar-refractivity contribution is 0.429. The first-order valence-electron chi connectivity index (χ1n) is 6.42. The van der Waals surface area contributed by atoms with E-state index in [1.807, 2.05) is 32.9 Å². The Balaban J connectivity index is 0.000000637. The summed E-state index contributed by atoms with van der Waals surface area (Å²) in [5.41, 5.74) is 0.878. The van der Waals surface area contributed by atoms with Gasteiger partial charge < -0.3 is 10.1 Å². The van der Waals surface area contributed by atoms with Gasteiger partial charge in [0.15, 0.2) is 5.76 Å². The molecule has 1 N–H and O–H groups in total. The molecule has 3 rings (SSSR count). The molecule has 1 aromatic heterocycles. The normalized spacial score (nSPS) is 23.9. The van der Waals surface area contributed by atoms with Gasteiger partial charge in [0.25, 0.3) is 0 Å². The fraction of sp³-hybridized carbons (Fsp3) is 0.357. The number of nitrogens with one attached hydrogen (secondary N) is 1. The standard InChI is InChI=1S/C12H12N2O2S.C2H6/c1-8-2-3-11-12(14-8)17(15)7-9-6-13-5-4-10(9)16-11;1-2/h2-6,8,14H,7H2,1H3;1-2H3. The number of hydrogen-bond acceptors (Lipinski definition) is 4. The first kappa shape index (κ1) is 13.8. The van der Waals surface area contributed by atoms with Crippen molar-refractivity contribution in [3.63, 3.8) is 0 Å². The second-order valence-corrected chi connectivity index (χ2v) is 5.45. The highest BCUT2D eigenvalue weighted by atomic mass is 32.2. The maximum Gasteiger partial charge on any atom is 0.159 e. The molecule has 2 aliphatic heterocycles. The van der Waals surface area contributed by atoms with Crippen molar-refractivity contribution < 1.29 is 8.95 Å². The number of fused-ring (bicyclic) bond motifs is 1. The van der Waals surface area contributed by atoms with E-state index >= 15 is 0 Å². The maximum atomic E-state index is 12.2. The zero-order valence-corrected chi connectivity index (χ0v) is 12.2. The zero-order chi connectivity index (χ0) is 13.8. The average Bonchev–Trinajstić information content (AvgIpc) is 2.58. The van der Waals surface area contributed by atoms with Crippen molar-refractivity contribution in [3.05, 3.63) is 47.0 Å². The van der Waals surface area contributed by atoms with Crippen LogP contribution >= 0.6 is 0 Å². The molecule has 2 unspecified atom stereocenters. The van der Waals surface area contributed by atoms with E-state index in [-0.39, 0.29) is 6.04 Å². The Bertz CT molecular complexity index is 552.